The Morgan fingerprint density at radius 1 is 1.38 bits per heavy atom. The lowest BCUT2D eigenvalue weighted by Gasteiger charge is -2.12. The molecule has 0 radical (unpaired) electrons. The summed E-state index contributed by atoms with van der Waals surface area (Å²) >= 11 is 0. The summed E-state index contributed by atoms with van der Waals surface area (Å²) in [5.41, 5.74) is 1.12. The van der Waals surface area contributed by atoms with Crippen molar-refractivity contribution in [2.24, 2.45) is 5.41 Å². The fraction of sp³-hybridized carbons (Fsp3) is 0.286. The van der Waals surface area contributed by atoms with Crippen molar-refractivity contribution in [3.63, 3.8) is 0 Å². The predicted molar refractivity (Wildman–Crippen MR) is 64.7 cm³/mol. The monoisotopic (exact) mass is 213 g/mol. The van der Waals surface area contributed by atoms with Crippen molar-refractivity contribution in [2.45, 2.75) is 20.8 Å². The van der Waals surface area contributed by atoms with Crippen LogP contribution in [0.3, 0.4) is 0 Å². The third kappa shape index (κ3) is 3.36. The number of hydrogen-bond donors (Lipinski definition) is 0. The van der Waals surface area contributed by atoms with E-state index in [0.717, 1.165) is 5.56 Å². The summed E-state index contributed by atoms with van der Waals surface area (Å²) in [6.45, 7) is 5.64. The largest absolute Gasteiger partial charge is 0.294 e. The Kier molecular flexibility index (Phi) is 3.63. The van der Waals surface area contributed by atoms with Gasteiger partial charge in [-0.15, -0.1) is 0 Å². The molecule has 0 bridgehead atoms. The Bertz CT molecular complexity index is 458. The van der Waals surface area contributed by atoms with E-state index in [-0.39, 0.29) is 11.2 Å². The van der Waals surface area contributed by atoms with E-state index in [1.807, 2.05) is 26.8 Å². The molecule has 0 atom stereocenters. The summed E-state index contributed by atoms with van der Waals surface area (Å²) in [5.74, 6) is 0.0786. The average Bonchev–Trinajstić information content (AvgIpc) is 2.25. The first-order valence-electron chi connectivity index (χ1n) is 5.16. The molecule has 1 aromatic carbocycles. The first kappa shape index (κ1) is 12.2. The van der Waals surface area contributed by atoms with Crippen LogP contribution in [0, 0.1) is 16.7 Å². The zero-order valence-corrected chi connectivity index (χ0v) is 9.82. The summed E-state index contributed by atoms with van der Waals surface area (Å²) in [4.78, 5) is 11.6. The highest BCUT2D eigenvalue weighted by atomic mass is 16.1. The topological polar surface area (TPSA) is 40.9 Å². The van der Waals surface area contributed by atoms with Gasteiger partial charge in [0.15, 0.2) is 5.78 Å². The van der Waals surface area contributed by atoms with E-state index < -0.39 is 0 Å². The number of carbonyl (C=O) groups is 1. The van der Waals surface area contributed by atoms with Gasteiger partial charge in [-0.25, -0.2) is 0 Å². The van der Waals surface area contributed by atoms with Gasteiger partial charge in [-0.05, 0) is 23.8 Å². The molecular weight excluding hydrogens is 198 g/mol. The molecule has 0 N–H and O–H groups in total. The molecule has 0 saturated heterocycles. The molecule has 0 fully saturated rings. The fourth-order valence-corrected chi connectivity index (χ4v) is 1.13. The van der Waals surface area contributed by atoms with E-state index in [1.165, 1.54) is 0 Å². The van der Waals surface area contributed by atoms with Gasteiger partial charge >= 0.3 is 0 Å². The van der Waals surface area contributed by atoms with Crippen LogP contribution < -0.4 is 0 Å². The summed E-state index contributed by atoms with van der Waals surface area (Å²) in [5, 5.41) is 8.73. The molecule has 0 amide bonds. The molecule has 16 heavy (non-hydrogen) atoms. The summed E-state index contributed by atoms with van der Waals surface area (Å²) in [7, 11) is 0. The van der Waals surface area contributed by atoms with Crippen molar-refractivity contribution in [1.82, 2.24) is 0 Å². The van der Waals surface area contributed by atoms with E-state index in [9.17, 15) is 4.79 Å². The van der Waals surface area contributed by atoms with Gasteiger partial charge in [0.25, 0.3) is 0 Å². The van der Waals surface area contributed by atoms with Crippen molar-refractivity contribution in [2.75, 3.05) is 0 Å². The highest BCUT2D eigenvalue weighted by Crippen LogP contribution is 2.16. The molecule has 0 heterocycles. The number of benzene rings is 1. The van der Waals surface area contributed by atoms with Gasteiger partial charge in [-0.1, -0.05) is 39.0 Å². The third-order valence-electron chi connectivity index (χ3n) is 2.18. The van der Waals surface area contributed by atoms with Crippen LogP contribution >= 0.6 is 0 Å². The maximum absolute atomic E-state index is 11.6. The molecule has 0 spiro atoms. The van der Waals surface area contributed by atoms with Crippen molar-refractivity contribution >= 4 is 11.9 Å². The zero-order valence-electron chi connectivity index (χ0n) is 9.82. The molecule has 0 aliphatic heterocycles. The quantitative estimate of drug-likeness (QED) is 0.708. The van der Waals surface area contributed by atoms with Gasteiger partial charge in [-0.2, -0.15) is 5.26 Å². The lowest BCUT2D eigenvalue weighted by molar-refractivity contribution is -0.121. The minimum absolute atomic E-state index is 0.0786. The van der Waals surface area contributed by atoms with Crippen molar-refractivity contribution < 1.29 is 4.79 Å². The van der Waals surface area contributed by atoms with Crippen LogP contribution in [-0.2, 0) is 4.79 Å². The highest BCUT2D eigenvalue weighted by molar-refractivity contribution is 5.97. The fourth-order valence-electron chi connectivity index (χ4n) is 1.13. The second-order valence-electron chi connectivity index (χ2n) is 4.68. The molecule has 2 nitrogen and oxygen atoms in total. The average molecular weight is 213 g/mol. The van der Waals surface area contributed by atoms with Crippen molar-refractivity contribution in [3.8, 4) is 6.07 Å². The second-order valence-corrected chi connectivity index (χ2v) is 4.68. The Balaban J connectivity index is 2.85. The van der Waals surface area contributed by atoms with Gasteiger partial charge in [-0.3, -0.25) is 4.79 Å². The molecule has 2 heteroatoms. The SMILES string of the molecule is CC(C)(C)C(=O)/C=C/c1cccc(C#N)c1. The molecule has 1 rings (SSSR count). The number of allylic oxidation sites excluding steroid dienone is 1. The minimum Gasteiger partial charge on any atom is -0.294 e. The van der Waals surface area contributed by atoms with E-state index in [1.54, 1.807) is 30.4 Å². The van der Waals surface area contributed by atoms with Crippen molar-refractivity contribution in [1.29, 1.82) is 5.26 Å². The van der Waals surface area contributed by atoms with Crippen LogP contribution in [0.4, 0.5) is 0 Å². The van der Waals surface area contributed by atoms with Gasteiger partial charge in [0.05, 0.1) is 11.6 Å². The lowest BCUT2D eigenvalue weighted by Crippen LogP contribution is -2.17. The summed E-state index contributed by atoms with van der Waals surface area (Å²) in [6, 6.07) is 9.24. The molecular formula is C14H15NO. The second kappa shape index (κ2) is 4.76. The smallest absolute Gasteiger partial charge is 0.161 e. The Morgan fingerprint density at radius 3 is 2.62 bits per heavy atom. The number of rotatable bonds is 2. The normalized spacial score (nSPS) is 11.4. The maximum atomic E-state index is 11.6. The van der Waals surface area contributed by atoms with Crippen molar-refractivity contribution in [3.05, 3.63) is 41.5 Å². The van der Waals surface area contributed by atoms with Gasteiger partial charge in [0.1, 0.15) is 0 Å². The number of nitriles is 1. The van der Waals surface area contributed by atoms with Gasteiger partial charge < -0.3 is 0 Å². The number of carbonyl (C=O) groups excluding carboxylic acids is 1. The standard InChI is InChI=1S/C14H15NO/c1-14(2,3)13(16)8-7-11-5-4-6-12(9-11)10-15/h4-9H,1-3H3/b8-7+. The lowest BCUT2D eigenvalue weighted by atomic mass is 9.90. The Labute approximate surface area is 96.2 Å². The van der Waals surface area contributed by atoms with E-state index in [4.69, 9.17) is 5.26 Å². The number of nitrogens with zero attached hydrogens (tertiary/aromatic N) is 1. The Hall–Kier alpha value is -1.88. The highest BCUT2D eigenvalue weighted by Gasteiger charge is 2.17. The maximum Gasteiger partial charge on any atom is 0.161 e. The van der Waals surface area contributed by atoms with E-state index in [0.29, 0.717) is 5.56 Å². The molecule has 1 aromatic rings. The van der Waals surface area contributed by atoms with Crippen LogP contribution in [0.1, 0.15) is 31.9 Å². The van der Waals surface area contributed by atoms with Crippen LogP contribution in [0.15, 0.2) is 30.3 Å². The van der Waals surface area contributed by atoms with Crippen LogP contribution in [0.25, 0.3) is 6.08 Å². The van der Waals surface area contributed by atoms with Crippen LogP contribution in [0.5, 0.6) is 0 Å². The third-order valence-corrected chi connectivity index (χ3v) is 2.18. The number of ketones is 1. The molecule has 0 saturated carbocycles. The van der Waals surface area contributed by atoms with E-state index >= 15 is 0 Å². The van der Waals surface area contributed by atoms with Gasteiger partial charge in [0.2, 0.25) is 0 Å². The molecule has 0 aromatic heterocycles. The predicted octanol–water partition coefficient (Wildman–Crippen LogP) is 3.19. The number of hydrogen-bond acceptors (Lipinski definition) is 2. The van der Waals surface area contributed by atoms with Gasteiger partial charge in [0, 0.05) is 5.41 Å². The van der Waals surface area contributed by atoms with Crippen LogP contribution in [-0.4, -0.2) is 5.78 Å². The molecule has 0 aliphatic rings. The molecule has 0 unspecified atom stereocenters. The minimum atomic E-state index is -0.358. The molecule has 0 aliphatic carbocycles. The summed E-state index contributed by atoms with van der Waals surface area (Å²) in [6.07, 6.45) is 3.31. The first-order chi connectivity index (χ1) is 7.43. The zero-order chi connectivity index (χ0) is 12.2. The first-order valence-corrected chi connectivity index (χ1v) is 5.16. The van der Waals surface area contributed by atoms with E-state index in [2.05, 4.69) is 6.07 Å². The molecule has 82 valence electrons. The summed E-state index contributed by atoms with van der Waals surface area (Å²) < 4.78 is 0. The van der Waals surface area contributed by atoms with Crippen LogP contribution in [0.2, 0.25) is 0 Å². The Morgan fingerprint density at radius 2 is 2.06 bits per heavy atom.